The summed E-state index contributed by atoms with van der Waals surface area (Å²) in [5, 5.41) is 6.07. The van der Waals surface area contributed by atoms with Crippen LogP contribution in [0, 0.1) is 13.8 Å². The summed E-state index contributed by atoms with van der Waals surface area (Å²) in [4.78, 5) is 16.9. The van der Waals surface area contributed by atoms with Crippen molar-refractivity contribution >= 4 is 6.03 Å². The van der Waals surface area contributed by atoms with Gasteiger partial charge in [0.25, 0.3) is 0 Å². The van der Waals surface area contributed by atoms with E-state index in [4.69, 9.17) is 4.74 Å². The van der Waals surface area contributed by atoms with Crippen molar-refractivity contribution in [2.45, 2.75) is 58.5 Å². The minimum Gasteiger partial charge on any atom is -0.496 e. The molecule has 0 saturated heterocycles. The number of fused-ring (bicyclic) bond motifs is 1. The number of hydrogen-bond donors (Lipinski definition) is 2. The highest BCUT2D eigenvalue weighted by Gasteiger charge is 2.32. The number of methoxy groups -OCH3 is 1. The molecule has 0 aliphatic heterocycles. The Kier molecular flexibility index (Phi) is 5.40. The maximum absolute atomic E-state index is 12.5. The van der Waals surface area contributed by atoms with Crippen LogP contribution in [0.4, 0.5) is 4.79 Å². The van der Waals surface area contributed by atoms with Crippen LogP contribution >= 0.6 is 0 Å². The number of rotatable bonds is 4. The van der Waals surface area contributed by atoms with Gasteiger partial charge in [-0.2, -0.15) is 0 Å². The van der Waals surface area contributed by atoms with Crippen LogP contribution in [0.5, 0.6) is 5.75 Å². The van der Waals surface area contributed by atoms with Gasteiger partial charge in [-0.1, -0.05) is 38.1 Å². The second kappa shape index (κ2) is 7.59. The topological polar surface area (TPSA) is 63.2 Å². The summed E-state index contributed by atoms with van der Waals surface area (Å²) in [5.74, 6) is 0.825. The van der Waals surface area contributed by atoms with Crippen molar-refractivity contribution in [1.29, 1.82) is 0 Å². The molecule has 2 amide bonds. The molecule has 5 nitrogen and oxygen atoms in total. The van der Waals surface area contributed by atoms with E-state index in [1.165, 1.54) is 11.1 Å². The number of benzene rings is 1. The molecule has 1 heterocycles. The molecule has 5 heteroatoms. The van der Waals surface area contributed by atoms with Gasteiger partial charge in [0.15, 0.2) is 0 Å². The average molecular weight is 367 g/mol. The van der Waals surface area contributed by atoms with Gasteiger partial charge in [-0.15, -0.1) is 0 Å². The Morgan fingerprint density at radius 2 is 2.04 bits per heavy atom. The smallest absolute Gasteiger partial charge is 0.315 e. The van der Waals surface area contributed by atoms with E-state index in [0.29, 0.717) is 6.54 Å². The van der Waals surface area contributed by atoms with Crippen LogP contribution in [0.15, 0.2) is 30.5 Å². The molecule has 27 heavy (non-hydrogen) atoms. The first-order valence-corrected chi connectivity index (χ1v) is 9.46. The van der Waals surface area contributed by atoms with Crippen molar-refractivity contribution in [2.24, 2.45) is 0 Å². The highest BCUT2D eigenvalue weighted by molar-refractivity contribution is 5.74. The summed E-state index contributed by atoms with van der Waals surface area (Å²) in [6, 6.07) is 8.28. The van der Waals surface area contributed by atoms with Crippen molar-refractivity contribution in [3.8, 4) is 5.75 Å². The largest absolute Gasteiger partial charge is 0.496 e. The summed E-state index contributed by atoms with van der Waals surface area (Å²) in [6.07, 6.45) is 3.76. The van der Waals surface area contributed by atoms with E-state index >= 15 is 0 Å². The number of carbonyl (C=O) groups excluding carboxylic acids is 1. The lowest BCUT2D eigenvalue weighted by molar-refractivity contribution is 0.233. The lowest BCUT2D eigenvalue weighted by Crippen LogP contribution is -2.41. The first-order chi connectivity index (χ1) is 12.8. The zero-order valence-electron chi connectivity index (χ0n) is 16.8. The summed E-state index contributed by atoms with van der Waals surface area (Å²) >= 11 is 0. The number of ether oxygens (including phenoxy) is 1. The lowest BCUT2D eigenvalue weighted by atomic mass is 9.71. The fourth-order valence-electron chi connectivity index (χ4n) is 3.99. The number of nitrogens with zero attached hydrogens (tertiary/aromatic N) is 1. The second-order valence-electron chi connectivity index (χ2n) is 7.94. The third-order valence-corrected chi connectivity index (χ3v) is 5.59. The molecule has 144 valence electrons. The molecular formula is C22H29N3O2. The normalized spacial score (nSPS) is 17.7. The summed E-state index contributed by atoms with van der Waals surface area (Å²) in [5.41, 5.74) is 5.45. The molecule has 0 spiro atoms. The van der Waals surface area contributed by atoms with Gasteiger partial charge < -0.3 is 15.4 Å². The van der Waals surface area contributed by atoms with Crippen LogP contribution in [0.1, 0.15) is 60.7 Å². The maximum Gasteiger partial charge on any atom is 0.315 e. The molecule has 0 radical (unpaired) electrons. The van der Waals surface area contributed by atoms with Gasteiger partial charge in [0.2, 0.25) is 0 Å². The third kappa shape index (κ3) is 3.92. The molecule has 1 aromatic carbocycles. The van der Waals surface area contributed by atoms with Gasteiger partial charge in [-0.3, -0.25) is 4.98 Å². The monoisotopic (exact) mass is 367 g/mol. The Hall–Kier alpha value is -2.56. The second-order valence-corrected chi connectivity index (χ2v) is 7.94. The molecule has 3 rings (SSSR count). The molecule has 1 aliphatic carbocycles. The molecule has 1 aliphatic rings. The number of hydrogen-bond acceptors (Lipinski definition) is 3. The van der Waals surface area contributed by atoms with Crippen molar-refractivity contribution in [2.75, 3.05) is 7.11 Å². The fraction of sp³-hybridized carbons (Fsp3) is 0.455. The Balaban J connectivity index is 1.67. The molecule has 0 bridgehead atoms. The minimum absolute atomic E-state index is 0.0378. The zero-order chi connectivity index (χ0) is 19.6. The molecule has 1 unspecified atom stereocenters. The standard InChI is InChI=1S/C22H29N3O2/c1-14-12-23-19(15(2)20(14)27-5)13-24-21(26)25-18-10-11-22(3,4)17-9-7-6-8-16(17)18/h6-9,12,18H,10-11,13H2,1-5H3,(H2,24,25,26). The number of carbonyl (C=O) groups is 1. The van der Waals surface area contributed by atoms with E-state index in [-0.39, 0.29) is 17.5 Å². The van der Waals surface area contributed by atoms with Gasteiger partial charge in [0, 0.05) is 17.3 Å². The van der Waals surface area contributed by atoms with Crippen LogP contribution < -0.4 is 15.4 Å². The van der Waals surface area contributed by atoms with E-state index in [9.17, 15) is 4.79 Å². The van der Waals surface area contributed by atoms with Gasteiger partial charge in [-0.05, 0) is 43.2 Å². The zero-order valence-corrected chi connectivity index (χ0v) is 16.8. The van der Waals surface area contributed by atoms with Gasteiger partial charge in [-0.25, -0.2) is 4.79 Å². The molecule has 1 aromatic heterocycles. The van der Waals surface area contributed by atoms with Crippen molar-refractivity contribution in [3.63, 3.8) is 0 Å². The molecular weight excluding hydrogens is 338 g/mol. The van der Waals surface area contributed by atoms with Crippen LogP contribution in [-0.4, -0.2) is 18.1 Å². The van der Waals surface area contributed by atoms with E-state index in [0.717, 1.165) is 35.4 Å². The van der Waals surface area contributed by atoms with Crippen LogP contribution in [0.2, 0.25) is 0 Å². The Labute approximate surface area is 161 Å². The highest BCUT2D eigenvalue weighted by atomic mass is 16.5. The summed E-state index contributed by atoms with van der Waals surface area (Å²) < 4.78 is 5.43. The van der Waals surface area contributed by atoms with Crippen molar-refractivity contribution in [3.05, 3.63) is 58.4 Å². The first kappa shape index (κ1) is 19.2. The third-order valence-electron chi connectivity index (χ3n) is 5.59. The van der Waals surface area contributed by atoms with E-state index in [2.05, 4.69) is 47.7 Å². The molecule has 2 aromatic rings. The minimum atomic E-state index is -0.171. The number of aromatic nitrogens is 1. The summed E-state index contributed by atoms with van der Waals surface area (Å²) in [7, 11) is 1.65. The van der Waals surface area contributed by atoms with E-state index in [1.54, 1.807) is 13.3 Å². The Bertz CT molecular complexity index is 845. The maximum atomic E-state index is 12.5. The highest BCUT2D eigenvalue weighted by Crippen LogP contribution is 2.41. The lowest BCUT2D eigenvalue weighted by Gasteiger charge is -2.37. The SMILES string of the molecule is COc1c(C)cnc(CNC(=O)NC2CCC(C)(C)c3ccccc32)c1C. The number of amides is 2. The van der Waals surface area contributed by atoms with Crippen molar-refractivity contribution in [1.82, 2.24) is 15.6 Å². The molecule has 0 saturated carbocycles. The predicted molar refractivity (Wildman–Crippen MR) is 107 cm³/mol. The quantitative estimate of drug-likeness (QED) is 0.846. The Morgan fingerprint density at radius 1 is 1.30 bits per heavy atom. The predicted octanol–water partition coefficient (Wildman–Crippen LogP) is 4.32. The fourth-order valence-corrected chi connectivity index (χ4v) is 3.99. The van der Waals surface area contributed by atoms with Gasteiger partial charge in [0.05, 0.1) is 25.4 Å². The number of urea groups is 1. The van der Waals surface area contributed by atoms with Crippen molar-refractivity contribution < 1.29 is 9.53 Å². The van der Waals surface area contributed by atoms with Crippen LogP contribution in [0.3, 0.4) is 0 Å². The summed E-state index contributed by atoms with van der Waals surface area (Å²) in [6.45, 7) is 8.83. The number of aryl methyl sites for hydroxylation is 1. The van der Waals surface area contributed by atoms with Gasteiger partial charge in [0.1, 0.15) is 5.75 Å². The molecule has 1 atom stereocenters. The first-order valence-electron chi connectivity index (χ1n) is 9.46. The number of nitrogens with one attached hydrogen (secondary N) is 2. The average Bonchev–Trinajstić information content (AvgIpc) is 2.64. The molecule has 2 N–H and O–H groups in total. The van der Waals surface area contributed by atoms with Gasteiger partial charge >= 0.3 is 6.03 Å². The Morgan fingerprint density at radius 3 is 2.78 bits per heavy atom. The van der Waals surface area contributed by atoms with E-state index in [1.807, 2.05) is 19.9 Å². The van der Waals surface area contributed by atoms with Crippen LogP contribution in [0.25, 0.3) is 0 Å². The van der Waals surface area contributed by atoms with Crippen LogP contribution in [-0.2, 0) is 12.0 Å². The molecule has 0 fully saturated rings. The van der Waals surface area contributed by atoms with E-state index < -0.39 is 0 Å². The number of pyridine rings is 1.